The zero-order valence-electron chi connectivity index (χ0n) is 6.73. The van der Waals surface area contributed by atoms with Gasteiger partial charge in [-0.15, -0.1) is 5.10 Å². The van der Waals surface area contributed by atoms with Crippen molar-refractivity contribution in [1.82, 2.24) is 15.0 Å². The number of methoxy groups -OCH3 is 1. The number of aromatic nitrogens is 3. The Labute approximate surface area is 84.7 Å². The topological polar surface area (TPSA) is 49.2 Å². The van der Waals surface area contributed by atoms with Crippen LogP contribution in [-0.4, -0.2) is 28.7 Å². The van der Waals surface area contributed by atoms with Crippen molar-refractivity contribution in [1.29, 1.82) is 0 Å². The van der Waals surface area contributed by atoms with Gasteiger partial charge in [0.15, 0.2) is 0 Å². The van der Waals surface area contributed by atoms with Crippen molar-refractivity contribution < 1.29 is 7.80 Å². The number of rotatable bonds is 5. The number of nitrogens with zero attached hydrogens (tertiary/aromatic N) is 3. The first kappa shape index (κ1) is 9.87. The maximum atomic E-state index is 4.89. The highest BCUT2D eigenvalue weighted by Gasteiger charge is 1.98. The Hall–Kier alpha value is -0.210. The van der Waals surface area contributed by atoms with E-state index < -0.39 is 0 Å². The summed E-state index contributed by atoms with van der Waals surface area (Å²) in [5.41, 5.74) is 0.834. The van der Waals surface area contributed by atoms with Gasteiger partial charge in [-0.3, -0.25) is 0 Å². The van der Waals surface area contributed by atoms with Gasteiger partial charge in [0.1, 0.15) is 35.3 Å². The minimum atomic E-state index is 0.494. The summed E-state index contributed by atoms with van der Waals surface area (Å²) >= 11 is 1.83. The molecule has 0 atom stereocenters. The second-order valence-corrected chi connectivity index (χ2v) is 2.84. The molecular formula is C6H10IN3O2. The van der Waals surface area contributed by atoms with Crippen molar-refractivity contribution >= 4 is 23.0 Å². The first-order valence-corrected chi connectivity index (χ1v) is 4.36. The van der Waals surface area contributed by atoms with Gasteiger partial charge in [-0.2, -0.15) is 0 Å². The van der Waals surface area contributed by atoms with Gasteiger partial charge in [0.2, 0.25) is 0 Å². The van der Waals surface area contributed by atoms with Gasteiger partial charge < -0.3 is 7.80 Å². The molecule has 0 spiro atoms. The Balaban J connectivity index is 2.41. The molecule has 1 aromatic heterocycles. The highest BCUT2D eigenvalue weighted by molar-refractivity contribution is 14.1. The van der Waals surface area contributed by atoms with E-state index in [-0.39, 0.29) is 0 Å². The molecule has 0 fully saturated rings. The highest BCUT2D eigenvalue weighted by atomic mass is 127. The van der Waals surface area contributed by atoms with Crippen LogP contribution in [0.1, 0.15) is 5.69 Å². The maximum absolute atomic E-state index is 4.89. The molecule has 1 rings (SSSR count). The Morgan fingerprint density at radius 2 is 2.50 bits per heavy atom. The molecule has 5 nitrogen and oxygen atoms in total. The van der Waals surface area contributed by atoms with Gasteiger partial charge in [-0.05, 0) is 0 Å². The fraction of sp³-hybridized carbons (Fsp3) is 0.667. The van der Waals surface area contributed by atoms with E-state index in [1.165, 1.54) is 0 Å². The Bertz CT molecular complexity index is 228. The van der Waals surface area contributed by atoms with Crippen LogP contribution in [0.15, 0.2) is 6.20 Å². The van der Waals surface area contributed by atoms with Crippen LogP contribution in [0.3, 0.4) is 0 Å². The molecule has 6 heteroatoms. The summed E-state index contributed by atoms with van der Waals surface area (Å²) in [4.78, 5) is 0. The smallest absolute Gasteiger partial charge is 0.110 e. The van der Waals surface area contributed by atoms with Crippen LogP contribution >= 0.6 is 23.0 Å². The SMILES string of the molecule is COCCn1cc(COI)nn1. The van der Waals surface area contributed by atoms with Crippen molar-refractivity contribution in [3.63, 3.8) is 0 Å². The van der Waals surface area contributed by atoms with Gasteiger partial charge in [0.25, 0.3) is 0 Å². The predicted octanol–water partition coefficient (Wildman–Crippen LogP) is 0.791. The molecule has 0 aliphatic rings. The third-order valence-electron chi connectivity index (χ3n) is 1.31. The van der Waals surface area contributed by atoms with Gasteiger partial charge in [-0.25, -0.2) is 4.68 Å². The lowest BCUT2D eigenvalue weighted by atomic mass is 10.5. The van der Waals surface area contributed by atoms with E-state index in [0.29, 0.717) is 13.2 Å². The number of halogens is 1. The molecule has 12 heavy (non-hydrogen) atoms. The molecule has 0 N–H and O–H groups in total. The third-order valence-corrected chi connectivity index (χ3v) is 1.62. The summed E-state index contributed by atoms with van der Waals surface area (Å²) < 4.78 is 11.5. The normalized spacial score (nSPS) is 10.5. The van der Waals surface area contributed by atoms with Crippen LogP contribution < -0.4 is 0 Å². The molecule has 1 heterocycles. The van der Waals surface area contributed by atoms with Crippen molar-refractivity contribution in [2.75, 3.05) is 13.7 Å². The van der Waals surface area contributed by atoms with E-state index in [9.17, 15) is 0 Å². The molecule has 0 aliphatic heterocycles. The monoisotopic (exact) mass is 283 g/mol. The molecule has 0 aromatic carbocycles. The second kappa shape index (κ2) is 5.44. The molecule has 0 bridgehead atoms. The predicted molar refractivity (Wildman–Crippen MR) is 50.7 cm³/mol. The molecule has 68 valence electrons. The third kappa shape index (κ3) is 3.03. The molecule has 0 unspecified atom stereocenters. The Kier molecular flexibility index (Phi) is 4.48. The molecule has 1 aromatic rings. The lowest BCUT2D eigenvalue weighted by molar-refractivity contribution is 0.183. The number of hydrogen-bond acceptors (Lipinski definition) is 4. The number of hydrogen-bond donors (Lipinski definition) is 0. The second-order valence-electron chi connectivity index (χ2n) is 2.22. The van der Waals surface area contributed by atoms with Gasteiger partial charge in [0.05, 0.1) is 19.3 Å². The van der Waals surface area contributed by atoms with E-state index >= 15 is 0 Å². The van der Waals surface area contributed by atoms with E-state index in [2.05, 4.69) is 10.3 Å². The summed E-state index contributed by atoms with van der Waals surface area (Å²) in [6, 6.07) is 0. The maximum Gasteiger partial charge on any atom is 0.110 e. The zero-order valence-corrected chi connectivity index (χ0v) is 8.89. The molecule has 0 radical (unpaired) electrons. The fourth-order valence-corrected chi connectivity index (χ4v) is 1.07. The van der Waals surface area contributed by atoms with Gasteiger partial charge in [-0.1, -0.05) is 5.21 Å². The van der Waals surface area contributed by atoms with Gasteiger partial charge in [0, 0.05) is 7.11 Å². The standard InChI is InChI=1S/C6H10IN3O2/c1-11-3-2-10-4-6(5-12-7)8-9-10/h4H,2-3,5H2,1H3. The van der Waals surface area contributed by atoms with E-state index in [4.69, 9.17) is 7.80 Å². The number of ether oxygens (including phenoxy) is 1. The van der Waals surface area contributed by atoms with Crippen molar-refractivity contribution in [3.8, 4) is 0 Å². The summed E-state index contributed by atoms with van der Waals surface area (Å²) in [5, 5.41) is 7.76. The molecule has 0 amide bonds. The Morgan fingerprint density at radius 3 is 3.17 bits per heavy atom. The van der Waals surface area contributed by atoms with Crippen molar-refractivity contribution in [2.24, 2.45) is 0 Å². The van der Waals surface area contributed by atoms with Crippen LogP contribution in [0.25, 0.3) is 0 Å². The lowest BCUT2D eigenvalue weighted by Gasteiger charge is -1.96. The van der Waals surface area contributed by atoms with Gasteiger partial charge >= 0.3 is 0 Å². The van der Waals surface area contributed by atoms with Crippen LogP contribution in [-0.2, 0) is 21.0 Å². The van der Waals surface area contributed by atoms with E-state index in [1.54, 1.807) is 11.8 Å². The first-order valence-electron chi connectivity index (χ1n) is 3.48. The van der Waals surface area contributed by atoms with E-state index in [0.717, 1.165) is 12.2 Å². The fourth-order valence-electron chi connectivity index (χ4n) is 0.755. The molecule has 0 saturated carbocycles. The first-order chi connectivity index (χ1) is 5.86. The van der Waals surface area contributed by atoms with E-state index in [1.807, 2.05) is 29.2 Å². The van der Waals surface area contributed by atoms with Crippen LogP contribution in [0, 0.1) is 0 Å². The quantitative estimate of drug-likeness (QED) is 0.750. The highest BCUT2D eigenvalue weighted by Crippen LogP contribution is 1.98. The molecule has 0 saturated heterocycles. The van der Waals surface area contributed by atoms with Crippen LogP contribution in [0.4, 0.5) is 0 Å². The van der Waals surface area contributed by atoms with Crippen LogP contribution in [0.5, 0.6) is 0 Å². The van der Waals surface area contributed by atoms with Crippen molar-refractivity contribution in [3.05, 3.63) is 11.9 Å². The average Bonchev–Trinajstić information content (AvgIpc) is 2.50. The largest absolute Gasteiger partial charge is 0.383 e. The summed E-state index contributed by atoms with van der Waals surface area (Å²) in [6.45, 7) is 1.87. The minimum absolute atomic E-state index is 0.494. The minimum Gasteiger partial charge on any atom is -0.383 e. The summed E-state index contributed by atoms with van der Waals surface area (Å²) in [5.74, 6) is 0. The molecular weight excluding hydrogens is 273 g/mol. The summed E-state index contributed by atoms with van der Waals surface area (Å²) in [7, 11) is 1.66. The summed E-state index contributed by atoms with van der Waals surface area (Å²) in [6.07, 6.45) is 1.84. The van der Waals surface area contributed by atoms with Crippen LogP contribution in [0.2, 0.25) is 0 Å². The average molecular weight is 283 g/mol. The molecule has 0 aliphatic carbocycles. The Morgan fingerprint density at radius 1 is 1.67 bits per heavy atom. The lowest BCUT2D eigenvalue weighted by Crippen LogP contribution is -2.04. The van der Waals surface area contributed by atoms with Crippen molar-refractivity contribution in [2.45, 2.75) is 13.2 Å². The zero-order chi connectivity index (χ0) is 8.81.